The minimum absolute atomic E-state index is 0.128. The number of carbonyl (C=O) groups is 1. The summed E-state index contributed by atoms with van der Waals surface area (Å²) < 4.78 is 5.09. The van der Waals surface area contributed by atoms with Gasteiger partial charge in [0.25, 0.3) is 0 Å². The maximum atomic E-state index is 11.7. The van der Waals surface area contributed by atoms with Gasteiger partial charge >= 0.3 is 5.97 Å². The van der Waals surface area contributed by atoms with Crippen molar-refractivity contribution in [3.63, 3.8) is 0 Å². The van der Waals surface area contributed by atoms with Crippen molar-refractivity contribution in [2.24, 2.45) is 0 Å². The monoisotopic (exact) mass is 239 g/mol. The van der Waals surface area contributed by atoms with Crippen molar-refractivity contribution in [1.29, 1.82) is 5.26 Å². The van der Waals surface area contributed by atoms with Gasteiger partial charge in [0, 0.05) is 6.20 Å². The molecule has 2 aromatic rings. The van der Waals surface area contributed by atoms with Gasteiger partial charge in [-0.2, -0.15) is 5.26 Å². The molecule has 0 unspecified atom stereocenters. The number of hydrogen-bond donors (Lipinski definition) is 0. The molecule has 0 atom stereocenters. The van der Waals surface area contributed by atoms with Crippen LogP contribution in [0.5, 0.6) is 5.75 Å². The van der Waals surface area contributed by atoms with E-state index in [2.05, 4.69) is 9.97 Å². The van der Waals surface area contributed by atoms with Crippen molar-refractivity contribution in [3.05, 3.63) is 53.6 Å². The number of esters is 1. The predicted octanol–water partition coefficient (Wildman–Crippen LogP) is 1.88. The molecule has 5 heteroatoms. The molecule has 0 saturated carbocycles. The van der Waals surface area contributed by atoms with Crippen LogP contribution >= 0.6 is 0 Å². The van der Waals surface area contributed by atoms with E-state index in [1.807, 2.05) is 6.07 Å². The van der Waals surface area contributed by atoms with Gasteiger partial charge in [0.1, 0.15) is 5.75 Å². The molecule has 0 spiro atoms. The van der Waals surface area contributed by atoms with Gasteiger partial charge in [-0.3, -0.25) is 4.98 Å². The molecule has 0 aliphatic heterocycles. The van der Waals surface area contributed by atoms with Crippen LogP contribution in [0.15, 0.2) is 36.7 Å². The Hall–Kier alpha value is -2.74. The molecular formula is C13H9N3O2. The van der Waals surface area contributed by atoms with E-state index in [1.54, 1.807) is 25.1 Å². The smallest absolute Gasteiger partial charge is 0.363 e. The average molecular weight is 239 g/mol. The van der Waals surface area contributed by atoms with Crippen molar-refractivity contribution >= 4 is 5.97 Å². The summed E-state index contributed by atoms with van der Waals surface area (Å²) in [4.78, 5) is 19.6. The number of benzene rings is 1. The number of nitriles is 1. The summed E-state index contributed by atoms with van der Waals surface area (Å²) in [6.07, 6.45) is 2.84. The molecule has 0 aliphatic carbocycles. The molecule has 0 amide bonds. The summed E-state index contributed by atoms with van der Waals surface area (Å²) in [5.74, 6) is -0.293. The molecule has 1 heterocycles. The first-order chi connectivity index (χ1) is 8.69. The number of hydrogen-bond acceptors (Lipinski definition) is 5. The van der Waals surface area contributed by atoms with Crippen molar-refractivity contribution < 1.29 is 9.53 Å². The van der Waals surface area contributed by atoms with E-state index < -0.39 is 5.97 Å². The lowest BCUT2D eigenvalue weighted by Crippen LogP contribution is -2.11. The predicted molar refractivity (Wildman–Crippen MR) is 62.9 cm³/mol. The fourth-order valence-corrected chi connectivity index (χ4v) is 1.29. The van der Waals surface area contributed by atoms with Gasteiger partial charge in [0.15, 0.2) is 5.69 Å². The third kappa shape index (κ3) is 2.68. The Morgan fingerprint density at radius 2 is 2.17 bits per heavy atom. The van der Waals surface area contributed by atoms with Crippen molar-refractivity contribution in [1.82, 2.24) is 9.97 Å². The minimum atomic E-state index is -0.599. The van der Waals surface area contributed by atoms with E-state index in [9.17, 15) is 4.79 Å². The molecule has 0 saturated heterocycles. The fraction of sp³-hybridized carbons (Fsp3) is 0.0769. The second-order valence-electron chi connectivity index (χ2n) is 3.57. The van der Waals surface area contributed by atoms with Gasteiger partial charge in [-0.25, -0.2) is 9.78 Å². The van der Waals surface area contributed by atoms with Crippen LogP contribution < -0.4 is 4.74 Å². The Kier molecular flexibility index (Phi) is 3.30. The first kappa shape index (κ1) is 11.7. The number of ether oxygens (including phenoxy) is 1. The fourth-order valence-electron chi connectivity index (χ4n) is 1.29. The van der Waals surface area contributed by atoms with Gasteiger partial charge < -0.3 is 4.74 Å². The number of aryl methyl sites for hydroxylation is 1. The molecule has 1 aromatic carbocycles. The van der Waals surface area contributed by atoms with E-state index in [0.29, 0.717) is 11.3 Å². The zero-order chi connectivity index (χ0) is 13.0. The largest absolute Gasteiger partial charge is 0.422 e. The van der Waals surface area contributed by atoms with Crippen molar-refractivity contribution in [2.75, 3.05) is 0 Å². The average Bonchev–Trinajstić information content (AvgIpc) is 2.39. The molecule has 0 radical (unpaired) electrons. The molecular weight excluding hydrogens is 230 g/mol. The van der Waals surface area contributed by atoms with E-state index >= 15 is 0 Å². The van der Waals surface area contributed by atoms with E-state index in [-0.39, 0.29) is 5.69 Å². The van der Waals surface area contributed by atoms with Crippen LogP contribution in [0.3, 0.4) is 0 Å². The van der Waals surface area contributed by atoms with Gasteiger partial charge in [0.05, 0.1) is 23.5 Å². The Balaban J connectivity index is 2.16. The SMILES string of the molecule is Cc1cnc(C(=O)Oc2cccc(C#N)c2)cn1. The summed E-state index contributed by atoms with van der Waals surface area (Å²) in [5.41, 5.74) is 1.27. The highest BCUT2D eigenvalue weighted by molar-refractivity contribution is 5.88. The molecule has 0 N–H and O–H groups in total. The van der Waals surface area contributed by atoms with Crippen molar-refractivity contribution in [2.45, 2.75) is 6.92 Å². The maximum Gasteiger partial charge on any atom is 0.363 e. The number of carbonyl (C=O) groups excluding carboxylic acids is 1. The minimum Gasteiger partial charge on any atom is -0.422 e. The van der Waals surface area contributed by atoms with E-state index in [0.717, 1.165) is 5.69 Å². The molecule has 0 bridgehead atoms. The van der Waals surface area contributed by atoms with Crippen LogP contribution in [0, 0.1) is 18.3 Å². The summed E-state index contributed by atoms with van der Waals surface area (Å²) in [7, 11) is 0. The van der Waals surface area contributed by atoms with Crippen LogP contribution in [0.25, 0.3) is 0 Å². The molecule has 2 rings (SSSR count). The van der Waals surface area contributed by atoms with Gasteiger partial charge in [-0.05, 0) is 25.1 Å². The lowest BCUT2D eigenvalue weighted by molar-refractivity contribution is 0.0728. The van der Waals surface area contributed by atoms with Gasteiger partial charge in [-0.15, -0.1) is 0 Å². The summed E-state index contributed by atoms with van der Waals surface area (Å²) in [6.45, 7) is 1.78. The summed E-state index contributed by atoms with van der Waals surface area (Å²) >= 11 is 0. The standard InChI is InChI=1S/C13H9N3O2/c1-9-7-16-12(8-15-9)13(17)18-11-4-2-3-10(5-11)6-14/h2-5,7-8H,1H3. The second kappa shape index (κ2) is 5.06. The third-order valence-electron chi connectivity index (χ3n) is 2.16. The van der Waals surface area contributed by atoms with Crippen LogP contribution in [-0.4, -0.2) is 15.9 Å². The lowest BCUT2D eigenvalue weighted by atomic mass is 10.2. The Morgan fingerprint density at radius 3 is 2.83 bits per heavy atom. The van der Waals surface area contributed by atoms with E-state index in [4.69, 9.17) is 10.00 Å². The highest BCUT2D eigenvalue weighted by atomic mass is 16.5. The van der Waals surface area contributed by atoms with Gasteiger partial charge in [-0.1, -0.05) is 6.07 Å². The quantitative estimate of drug-likeness (QED) is 0.590. The Bertz CT molecular complexity index is 615. The number of aromatic nitrogens is 2. The highest BCUT2D eigenvalue weighted by Crippen LogP contribution is 2.13. The number of rotatable bonds is 2. The normalized spacial score (nSPS) is 9.56. The first-order valence-corrected chi connectivity index (χ1v) is 5.20. The molecule has 0 aliphatic rings. The molecule has 5 nitrogen and oxygen atoms in total. The van der Waals surface area contributed by atoms with Crippen molar-refractivity contribution in [3.8, 4) is 11.8 Å². The molecule has 18 heavy (non-hydrogen) atoms. The lowest BCUT2D eigenvalue weighted by Gasteiger charge is -2.03. The zero-order valence-electron chi connectivity index (χ0n) is 9.62. The Labute approximate surface area is 104 Å². The third-order valence-corrected chi connectivity index (χ3v) is 2.16. The van der Waals surface area contributed by atoms with Gasteiger partial charge in [0.2, 0.25) is 0 Å². The van der Waals surface area contributed by atoms with Crippen LogP contribution in [0.4, 0.5) is 0 Å². The molecule has 88 valence electrons. The van der Waals surface area contributed by atoms with E-state index in [1.165, 1.54) is 18.5 Å². The molecule has 1 aromatic heterocycles. The van der Waals surface area contributed by atoms with Crippen LogP contribution in [0.1, 0.15) is 21.7 Å². The number of nitrogens with zero attached hydrogens (tertiary/aromatic N) is 3. The molecule has 0 fully saturated rings. The summed E-state index contributed by atoms with van der Waals surface area (Å²) in [5, 5.41) is 8.73. The first-order valence-electron chi connectivity index (χ1n) is 5.20. The van der Waals surface area contributed by atoms with Crippen LogP contribution in [0.2, 0.25) is 0 Å². The zero-order valence-corrected chi connectivity index (χ0v) is 9.62. The Morgan fingerprint density at radius 1 is 1.33 bits per heavy atom. The topological polar surface area (TPSA) is 75.9 Å². The maximum absolute atomic E-state index is 11.7. The van der Waals surface area contributed by atoms with Crippen LogP contribution in [-0.2, 0) is 0 Å². The highest BCUT2D eigenvalue weighted by Gasteiger charge is 2.10. The summed E-state index contributed by atoms with van der Waals surface area (Å²) in [6, 6.07) is 8.32. The second-order valence-corrected chi connectivity index (χ2v) is 3.57.